The zero-order valence-corrected chi connectivity index (χ0v) is 21.1. The number of hydrogen-bond acceptors (Lipinski definition) is 9. The van der Waals surface area contributed by atoms with Crippen molar-refractivity contribution in [2.45, 2.75) is 81.6 Å². The zero-order valence-electron chi connectivity index (χ0n) is 21.1. The number of rotatable bonds is 0. The van der Waals surface area contributed by atoms with Crippen LogP contribution < -0.4 is 0 Å². The van der Waals surface area contributed by atoms with E-state index >= 15 is 0 Å². The molecule has 0 unspecified atom stereocenters. The molecule has 0 amide bonds. The predicted octanol–water partition coefficient (Wildman–Crippen LogP) is 1.56. The Hall–Kier alpha value is -2.36. The van der Waals surface area contributed by atoms with Gasteiger partial charge in [0.25, 0.3) is 0 Å². The molecule has 9 heteroatoms. The Morgan fingerprint density at radius 2 is 1.86 bits per heavy atom. The number of allylic oxidation sites excluding steroid dienone is 4. The third kappa shape index (κ3) is 1.97. The molecule has 0 aromatic rings. The van der Waals surface area contributed by atoms with Gasteiger partial charge in [-0.3, -0.25) is 14.4 Å². The number of hydrogen-bond donors (Lipinski definition) is 1. The van der Waals surface area contributed by atoms with Crippen molar-refractivity contribution in [3.63, 3.8) is 0 Å². The smallest absolute Gasteiger partial charge is 0.342 e. The average Bonchev–Trinajstić information content (AvgIpc) is 3.16. The summed E-state index contributed by atoms with van der Waals surface area (Å²) in [5.74, 6) is -6.26. The van der Waals surface area contributed by atoms with Crippen LogP contribution in [0.1, 0.15) is 52.9 Å². The number of Topliss-reactive ketones (excluding diaryl/α,β-unsaturated/α-hetero) is 2. The first-order chi connectivity index (χ1) is 17.4. The minimum atomic E-state index is -2.17. The van der Waals surface area contributed by atoms with Crippen molar-refractivity contribution in [3.8, 4) is 0 Å². The molecule has 0 aromatic heterocycles. The van der Waals surface area contributed by atoms with Crippen LogP contribution in [-0.4, -0.2) is 63.9 Å². The Bertz CT molecular complexity index is 1300. The van der Waals surface area contributed by atoms with Gasteiger partial charge in [0.1, 0.15) is 11.9 Å². The van der Waals surface area contributed by atoms with E-state index < -0.39 is 75.1 Å². The third-order valence-electron chi connectivity index (χ3n) is 11.9. The van der Waals surface area contributed by atoms with Gasteiger partial charge in [-0.15, -0.1) is 0 Å². The molecule has 1 saturated carbocycles. The highest BCUT2D eigenvalue weighted by Crippen LogP contribution is 2.75. The molecule has 8 aliphatic rings. The molecule has 196 valence electrons. The first kappa shape index (κ1) is 22.6. The van der Waals surface area contributed by atoms with Crippen LogP contribution in [0.15, 0.2) is 23.8 Å². The minimum absolute atomic E-state index is 0.0254. The number of aliphatic hydroxyl groups is 1. The van der Waals surface area contributed by atoms with Gasteiger partial charge in [-0.05, 0) is 56.4 Å². The van der Waals surface area contributed by atoms with Crippen LogP contribution in [0.5, 0.6) is 0 Å². The van der Waals surface area contributed by atoms with Crippen LogP contribution in [0.2, 0.25) is 0 Å². The lowest BCUT2D eigenvalue weighted by Gasteiger charge is -2.63. The van der Waals surface area contributed by atoms with Gasteiger partial charge < -0.3 is 24.1 Å². The van der Waals surface area contributed by atoms with E-state index in [0.717, 1.165) is 5.57 Å². The maximum atomic E-state index is 14.8. The van der Waals surface area contributed by atoms with Crippen LogP contribution in [0.4, 0.5) is 0 Å². The summed E-state index contributed by atoms with van der Waals surface area (Å²) in [6.07, 6.45) is 6.20. The summed E-state index contributed by atoms with van der Waals surface area (Å²) in [5, 5.41) is 12.4. The Morgan fingerprint density at radius 1 is 1.08 bits per heavy atom. The molecule has 6 fully saturated rings. The summed E-state index contributed by atoms with van der Waals surface area (Å²) >= 11 is 0. The molecule has 37 heavy (non-hydrogen) atoms. The van der Waals surface area contributed by atoms with E-state index in [4.69, 9.17) is 18.9 Å². The van der Waals surface area contributed by atoms with E-state index in [2.05, 4.69) is 0 Å². The largest absolute Gasteiger partial charge is 0.458 e. The summed E-state index contributed by atoms with van der Waals surface area (Å²) < 4.78 is 25.1. The Morgan fingerprint density at radius 3 is 2.65 bits per heavy atom. The molecule has 0 radical (unpaired) electrons. The summed E-state index contributed by atoms with van der Waals surface area (Å²) in [7, 11) is 0. The molecule has 0 aromatic carbocycles. The lowest BCUT2D eigenvalue weighted by atomic mass is 9.46. The highest BCUT2D eigenvalue weighted by Gasteiger charge is 2.93. The second-order valence-corrected chi connectivity index (χ2v) is 13.0. The van der Waals surface area contributed by atoms with Crippen molar-refractivity contribution in [2.75, 3.05) is 6.61 Å². The van der Waals surface area contributed by atoms with Crippen molar-refractivity contribution in [1.29, 1.82) is 0 Å². The van der Waals surface area contributed by atoms with Crippen LogP contribution in [0.3, 0.4) is 0 Å². The number of esters is 2. The fourth-order valence-corrected chi connectivity index (χ4v) is 9.98. The van der Waals surface area contributed by atoms with Gasteiger partial charge in [0.15, 0.2) is 22.6 Å². The van der Waals surface area contributed by atoms with Crippen molar-refractivity contribution < 1.29 is 43.2 Å². The van der Waals surface area contributed by atoms with Crippen molar-refractivity contribution >= 4 is 23.5 Å². The first-order valence-electron chi connectivity index (χ1n) is 13.4. The maximum Gasteiger partial charge on any atom is 0.342 e. The molecular weight excluding hydrogens is 480 g/mol. The molecule has 1 N–H and O–H groups in total. The Kier molecular flexibility index (Phi) is 3.73. The van der Waals surface area contributed by atoms with Crippen LogP contribution in [-0.2, 0) is 38.1 Å². The van der Waals surface area contributed by atoms with E-state index in [1.807, 2.05) is 32.1 Å². The SMILES string of the molecule is C[C@]12C(=O)CC=CC1=CC[C@@H]1[C@@H]2CC[C@]2(O)C(=O)O[C@@]3(C)[C@H]4C[C@]5(C)[C@@H](CO[C@]16O[C@@]32[C@H]5C6=O)C(=O)O4. The number of carbonyl (C=O) groups is 4. The summed E-state index contributed by atoms with van der Waals surface area (Å²) in [6.45, 7) is 5.29. The van der Waals surface area contributed by atoms with Gasteiger partial charge in [-0.2, -0.15) is 0 Å². The van der Waals surface area contributed by atoms with E-state index in [-0.39, 0.29) is 31.0 Å². The van der Waals surface area contributed by atoms with Gasteiger partial charge in [0.05, 0.1) is 23.9 Å². The molecule has 5 heterocycles. The summed E-state index contributed by atoms with van der Waals surface area (Å²) in [4.78, 5) is 55.3. The monoisotopic (exact) mass is 510 g/mol. The van der Waals surface area contributed by atoms with E-state index in [9.17, 15) is 24.3 Å². The van der Waals surface area contributed by atoms with Gasteiger partial charge in [-0.1, -0.05) is 25.2 Å². The van der Waals surface area contributed by atoms with E-state index in [1.165, 1.54) is 0 Å². The van der Waals surface area contributed by atoms with Gasteiger partial charge in [-0.25, -0.2) is 4.79 Å². The maximum absolute atomic E-state index is 14.8. The quantitative estimate of drug-likeness (QED) is 0.483. The molecule has 5 bridgehead atoms. The molecular formula is C28H30O9. The second-order valence-electron chi connectivity index (χ2n) is 13.0. The fraction of sp³-hybridized carbons (Fsp3) is 0.714. The van der Waals surface area contributed by atoms with Crippen LogP contribution >= 0.6 is 0 Å². The normalized spacial score (nSPS) is 58.5. The van der Waals surface area contributed by atoms with Crippen LogP contribution in [0, 0.1) is 34.5 Å². The third-order valence-corrected chi connectivity index (χ3v) is 11.9. The minimum Gasteiger partial charge on any atom is -0.458 e. The highest BCUT2D eigenvalue weighted by atomic mass is 16.8. The number of ketones is 2. The van der Waals surface area contributed by atoms with E-state index in [1.54, 1.807) is 6.92 Å². The summed E-state index contributed by atoms with van der Waals surface area (Å²) in [6, 6.07) is 0. The molecule has 5 aliphatic heterocycles. The van der Waals surface area contributed by atoms with Crippen LogP contribution in [0.25, 0.3) is 0 Å². The zero-order chi connectivity index (χ0) is 26.0. The fourth-order valence-electron chi connectivity index (χ4n) is 9.98. The standard InChI is InChI=1S/C28H30O9/c1-23-11-18-25(3)28-19(23)20(30)27(37-28,34-12-16(23)21(31)35-18)15-8-7-13-5-4-6-17(29)24(13,2)14(15)9-10-26(28,33)22(32)36-25/h4-5,7,14-16,18-19,33H,6,8-12H2,1-3H3/t14-,15+,16-,18+,19-,23+,24-,25-,26-,27-,28-/m0/s1. The topological polar surface area (TPSA) is 125 Å². The molecule has 11 atom stereocenters. The number of carbonyl (C=O) groups excluding carboxylic acids is 4. The highest BCUT2D eigenvalue weighted by molar-refractivity contribution is 5.99. The molecule has 2 spiro atoms. The van der Waals surface area contributed by atoms with Gasteiger partial charge in [0.2, 0.25) is 5.79 Å². The second kappa shape index (κ2) is 6.10. The van der Waals surface area contributed by atoms with E-state index in [0.29, 0.717) is 19.3 Å². The Balaban J connectivity index is 1.44. The Labute approximate surface area is 213 Å². The number of fused-ring (bicyclic) bond motifs is 5. The lowest BCUT2D eigenvalue weighted by molar-refractivity contribution is -0.373. The number of ether oxygens (including phenoxy) is 4. The summed E-state index contributed by atoms with van der Waals surface area (Å²) in [5.41, 5.74) is -6.52. The van der Waals surface area contributed by atoms with Gasteiger partial charge >= 0.3 is 11.9 Å². The molecule has 3 aliphatic carbocycles. The lowest BCUT2D eigenvalue weighted by Crippen LogP contribution is -2.79. The predicted molar refractivity (Wildman–Crippen MR) is 122 cm³/mol. The van der Waals surface area contributed by atoms with Crippen molar-refractivity contribution in [2.24, 2.45) is 34.5 Å². The average molecular weight is 511 g/mol. The molecule has 9 nitrogen and oxygen atoms in total. The van der Waals surface area contributed by atoms with Crippen molar-refractivity contribution in [1.82, 2.24) is 0 Å². The first-order valence-corrected chi connectivity index (χ1v) is 13.4. The molecule has 8 rings (SSSR count). The van der Waals surface area contributed by atoms with Crippen molar-refractivity contribution in [3.05, 3.63) is 23.8 Å². The van der Waals surface area contributed by atoms with Gasteiger partial charge in [0, 0.05) is 12.3 Å². The molecule has 5 saturated heterocycles.